The summed E-state index contributed by atoms with van der Waals surface area (Å²) in [5.41, 5.74) is 0.903. The molecule has 1 amide bonds. The molecule has 3 aromatic carbocycles. The lowest BCUT2D eigenvalue weighted by Crippen LogP contribution is -2.29. The maximum Gasteiger partial charge on any atom is 0.412 e. The second kappa shape index (κ2) is 12.4. The summed E-state index contributed by atoms with van der Waals surface area (Å²) in [6.07, 6.45) is -2.25. The van der Waals surface area contributed by atoms with Crippen molar-refractivity contribution < 1.29 is 28.9 Å². The molecule has 0 aromatic heterocycles. The maximum atomic E-state index is 13.0. The van der Waals surface area contributed by atoms with E-state index in [-0.39, 0.29) is 24.5 Å². The van der Waals surface area contributed by atoms with Crippen molar-refractivity contribution in [3.63, 3.8) is 0 Å². The molecular weight excluding hydrogens is 590 g/mol. The number of fused-ring (bicyclic) bond motifs is 1. The molecule has 0 fully saturated rings. The summed E-state index contributed by atoms with van der Waals surface area (Å²) in [6, 6.07) is 16.5. The zero-order chi connectivity index (χ0) is 24.7. The first-order valence-corrected chi connectivity index (χ1v) is 12.5. The highest BCUT2D eigenvalue weighted by molar-refractivity contribution is 9.11. The van der Waals surface area contributed by atoms with Crippen molar-refractivity contribution in [2.45, 2.75) is 18.6 Å². The van der Waals surface area contributed by atoms with Gasteiger partial charge >= 0.3 is 12.1 Å². The molecule has 3 rings (SSSR count). The van der Waals surface area contributed by atoms with Crippen LogP contribution in [-0.4, -0.2) is 42.7 Å². The number of anilines is 1. The van der Waals surface area contributed by atoms with Crippen molar-refractivity contribution in [3.05, 3.63) is 69.1 Å². The minimum atomic E-state index is -1.01. The number of esters is 1. The van der Waals surface area contributed by atoms with E-state index in [1.807, 2.05) is 36.4 Å². The van der Waals surface area contributed by atoms with E-state index in [9.17, 15) is 14.7 Å². The van der Waals surface area contributed by atoms with E-state index in [2.05, 4.69) is 49.8 Å². The first-order chi connectivity index (χ1) is 16.3. The van der Waals surface area contributed by atoms with Crippen molar-refractivity contribution in [3.8, 4) is 5.75 Å². The summed E-state index contributed by atoms with van der Waals surface area (Å²) in [4.78, 5) is 24.4. The summed E-state index contributed by atoms with van der Waals surface area (Å²) < 4.78 is 17.5. The van der Waals surface area contributed by atoms with E-state index in [0.717, 1.165) is 10.8 Å². The standard InChI is InChI=1S/C24H23Br2NO6S/c1-31-20(9-10-32-21(28)13-34)23(17-11-15(25)12-18(26)22(17)29)33-24(30)27-19-8-4-6-14-5-2-3-7-16(14)19/h2-8,11-12,20,23,29,34H,9-10,13H2,1H3,(H,27,30)/t20-,23-/m0/s1. The van der Waals surface area contributed by atoms with Gasteiger partial charge in [-0.15, -0.1) is 0 Å². The number of benzene rings is 3. The van der Waals surface area contributed by atoms with Crippen LogP contribution in [0.25, 0.3) is 10.8 Å². The Kier molecular flexibility index (Phi) is 9.63. The molecule has 0 radical (unpaired) electrons. The van der Waals surface area contributed by atoms with Crippen LogP contribution in [0.15, 0.2) is 63.5 Å². The first-order valence-electron chi connectivity index (χ1n) is 10.3. The third kappa shape index (κ3) is 6.65. The van der Waals surface area contributed by atoms with Gasteiger partial charge in [0.05, 0.1) is 22.5 Å². The predicted octanol–water partition coefficient (Wildman–Crippen LogP) is 6.24. The minimum Gasteiger partial charge on any atom is -0.506 e. The molecule has 2 atom stereocenters. The van der Waals surface area contributed by atoms with Crippen LogP contribution in [0.5, 0.6) is 5.75 Å². The number of methoxy groups -OCH3 is 1. The molecule has 180 valence electrons. The Morgan fingerprint density at radius 3 is 2.59 bits per heavy atom. The topological polar surface area (TPSA) is 94.1 Å². The largest absolute Gasteiger partial charge is 0.506 e. The average molecular weight is 613 g/mol. The Hall–Kier alpha value is -2.27. The van der Waals surface area contributed by atoms with Gasteiger partial charge in [0.1, 0.15) is 11.9 Å². The third-order valence-electron chi connectivity index (χ3n) is 5.06. The van der Waals surface area contributed by atoms with Crippen LogP contribution in [-0.2, 0) is 19.0 Å². The van der Waals surface area contributed by atoms with Gasteiger partial charge in [-0.3, -0.25) is 10.1 Å². The summed E-state index contributed by atoms with van der Waals surface area (Å²) in [5, 5.41) is 15.3. The second-order valence-electron chi connectivity index (χ2n) is 7.24. The van der Waals surface area contributed by atoms with E-state index in [0.29, 0.717) is 20.2 Å². The van der Waals surface area contributed by atoms with Crippen LogP contribution in [0.2, 0.25) is 0 Å². The molecule has 0 aliphatic carbocycles. The second-order valence-corrected chi connectivity index (χ2v) is 9.33. The lowest BCUT2D eigenvalue weighted by atomic mass is 10.0. The van der Waals surface area contributed by atoms with Crippen molar-refractivity contribution in [1.82, 2.24) is 0 Å². The Labute approximate surface area is 219 Å². The molecule has 3 aromatic rings. The summed E-state index contributed by atoms with van der Waals surface area (Å²) in [7, 11) is 1.45. The fraction of sp³-hybridized carbons (Fsp3) is 0.250. The average Bonchev–Trinajstić information content (AvgIpc) is 2.83. The van der Waals surface area contributed by atoms with Gasteiger partial charge in [-0.2, -0.15) is 12.6 Å². The van der Waals surface area contributed by atoms with Gasteiger partial charge in [-0.25, -0.2) is 4.79 Å². The Bertz CT molecular complexity index is 1170. The molecular formula is C24H23Br2NO6S. The van der Waals surface area contributed by atoms with E-state index in [1.165, 1.54) is 7.11 Å². The molecule has 0 unspecified atom stereocenters. The SMILES string of the molecule is CO[C@@H](CCOC(=O)CS)[C@@H](OC(=O)Nc1cccc2ccccc12)c1cc(Br)cc(Br)c1O. The lowest BCUT2D eigenvalue weighted by Gasteiger charge is -2.27. The number of nitrogens with one attached hydrogen (secondary N) is 1. The quantitative estimate of drug-likeness (QED) is 0.196. The van der Waals surface area contributed by atoms with Crippen LogP contribution in [0, 0.1) is 0 Å². The molecule has 7 nitrogen and oxygen atoms in total. The monoisotopic (exact) mass is 611 g/mol. The number of rotatable bonds is 9. The molecule has 10 heteroatoms. The molecule has 34 heavy (non-hydrogen) atoms. The Morgan fingerprint density at radius 2 is 1.85 bits per heavy atom. The van der Waals surface area contributed by atoms with Crippen LogP contribution >= 0.6 is 44.5 Å². The van der Waals surface area contributed by atoms with Crippen LogP contribution < -0.4 is 5.32 Å². The molecule has 0 saturated carbocycles. The molecule has 0 aliphatic heterocycles. The van der Waals surface area contributed by atoms with Gasteiger partial charge in [0.2, 0.25) is 0 Å². The smallest absolute Gasteiger partial charge is 0.412 e. The number of hydrogen-bond donors (Lipinski definition) is 3. The minimum absolute atomic E-state index is 0.0264. The number of halogens is 2. The zero-order valence-corrected chi connectivity index (χ0v) is 22.2. The fourth-order valence-electron chi connectivity index (χ4n) is 3.46. The number of carbonyl (C=O) groups excluding carboxylic acids is 2. The van der Waals surface area contributed by atoms with Gasteiger partial charge in [0, 0.05) is 29.0 Å². The normalized spacial score (nSPS) is 12.7. The van der Waals surface area contributed by atoms with Crippen LogP contribution in [0.3, 0.4) is 0 Å². The first kappa shape index (κ1) is 26.3. The molecule has 0 aliphatic rings. The summed E-state index contributed by atoms with van der Waals surface area (Å²) in [5.74, 6) is -0.623. The number of hydrogen-bond acceptors (Lipinski definition) is 7. The predicted molar refractivity (Wildman–Crippen MR) is 141 cm³/mol. The van der Waals surface area contributed by atoms with Crippen molar-refractivity contribution >= 4 is 73.0 Å². The van der Waals surface area contributed by atoms with Gasteiger partial charge in [-0.05, 0) is 39.5 Å². The van der Waals surface area contributed by atoms with Crippen molar-refractivity contribution in [2.75, 3.05) is 24.8 Å². The van der Waals surface area contributed by atoms with Crippen LogP contribution in [0.1, 0.15) is 18.1 Å². The Balaban J connectivity index is 1.88. The number of amides is 1. The third-order valence-corrected chi connectivity index (χ3v) is 6.38. The van der Waals surface area contributed by atoms with Gasteiger partial charge in [-0.1, -0.05) is 52.3 Å². The molecule has 0 heterocycles. The number of ether oxygens (including phenoxy) is 3. The molecule has 0 bridgehead atoms. The number of aromatic hydroxyl groups is 1. The molecule has 0 saturated heterocycles. The Morgan fingerprint density at radius 1 is 1.12 bits per heavy atom. The highest BCUT2D eigenvalue weighted by Gasteiger charge is 2.31. The van der Waals surface area contributed by atoms with Crippen molar-refractivity contribution in [2.24, 2.45) is 0 Å². The van der Waals surface area contributed by atoms with Gasteiger partial charge < -0.3 is 19.3 Å². The highest BCUT2D eigenvalue weighted by atomic mass is 79.9. The van der Waals surface area contributed by atoms with Crippen molar-refractivity contribution in [1.29, 1.82) is 0 Å². The van der Waals surface area contributed by atoms with E-state index in [1.54, 1.807) is 18.2 Å². The fourth-order valence-corrected chi connectivity index (χ4v) is 4.81. The van der Waals surface area contributed by atoms with E-state index < -0.39 is 24.3 Å². The van der Waals surface area contributed by atoms with Gasteiger partial charge in [0.15, 0.2) is 6.10 Å². The zero-order valence-electron chi connectivity index (χ0n) is 18.2. The number of phenols is 1. The van der Waals surface area contributed by atoms with E-state index >= 15 is 0 Å². The molecule has 0 spiro atoms. The molecule has 2 N–H and O–H groups in total. The summed E-state index contributed by atoms with van der Waals surface area (Å²) in [6.45, 7) is 0.0264. The van der Waals surface area contributed by atoms with Crippen LogP contribution in [0.4, 0.5) is 10.5 Å². The number of thiol groups is 1. The van der Waals surface area contributed by atoms with Gasteiger partial charge in [0.25, 0.3) is 0 Å². The lowest BCUT2D eigenvalue weighted by molar-refractivity contribution is -0.141. The number of carbonyl (C=O) groups is 2. The maximum absolute atomic E-state index is 13.0. The highest BCUT2D eigenvalue weighted by Crippen LogP contribution is 2.39. The summed E-state index contributed by atoms with van der Waals surface area (Å²) >= 11 is 10.6. The van der Waals surface area contributed by atoms with E-state index in [4.69, 9.17) is 14.2 Å². The number of phenolic OH excluding ortho intramolecular Hbond substituents is 1.